The first-order valence-corrected chi connectivity index (χ1v) is 22.2. The van der Waals surface area contributed by atoms with Gasteiger partial charge in [-0.25, -0.2) is 0 Å². The monoisotopic (exact) mass is 813 g/mol. The molecule has 0 saturated heterocycles. The molecule has 2 aliphatic carbocycles. The minimum absolute atomic E-state index is 0.604. The van der Waals surface area contributed by atoms with E-state index in [0.29, 0.717) is 0 Å². The Bertz CT molecular complexity index is 3800. The first-order chi connectivity index (χ1) is 31.8. The quantitative estimate of drug-likeness (QED) is 0.169. The van der Waals surface area contributed by atoms with Crippen LogP contribution in [0.1, 0.15) is 22.3 Å². The van der Waals surface area contributed by atoms with E-state index in [0.717, 1.165) is 28.4 Å². The maximum Gasteiger partial charge on any atom is 0.0747 e. The van der Waals surface area contributed by atoms with Crippen LogP contribution in [0.3, 0.4) is 0 Å². The van der Waals surface area contributed by atoms with E-state index in [2.05, 4.69) is 251 Å². The summed E-state index contributed by atoms with van der Waals surface area (Å²) >= 11 is 0. The summed E-state index contributed by atoms with van der Waals surface area (Å²) in [7, 11) is 0. The van der Waals surface area contributed by atoms with Crippen molar-refractivity contribution < 1.29 is 0 Å². The Balaban J connectivity index is 1.13. The summed E-state index contributed by atoms with van der Waals surface area (Å²) < 4.78 is 5.07. The second-order valence-corrected chi connectivity index (χ2v) is 17.2. The molecule has 0 aliphatic heterocycles. The van der Waals surface area contributed by atoms with Crippen molar-refractivity contribution in [3.8, 4) is 33.6 Å². The Hall–Kier alpha value is -8.40. The third-order valence-electron chi connectivity index (χ3n) is 14.1. The Morgan fingerprint density at radius 3 is 1.50 bits per heavy atom. The van der Waals surface area contributed by atoms with Crippen LogP contribution in [0.2, 0.25) is 0 Å². The van der Waals surface area contributed by atoms with Gasteiger partial charge in [-0.15, -0.1) is 0 Å². The number of anilines is 3. The van der Waals surface area contributed by atoms with Crippen LogP contribution < -0.4 is 4.90 Å². The van der Waals surface area contributed by atoms with Crippen molar-refractivity contribution in [2.45, 2.75) is 5.41 Å². The number of para-hydroxylation sites is 5. The number of aromatic nitrogens is 2. The summed E-state index contributed by atoms with van der Waals surface area (Å²) in [6.07, 6.45) is 0. The van der Waals surface area contributed by atoms with Crippen LogP contribution in [0.5, 0.6) is 0 Å². The van der Waals surface area contributed by atoms with Gasteiger partial charge in [-0.1, -0.05) is 170 Å². The molecule has 2 aromatic heterocycles. The highest BCUT2D eigenvalue weighted by Gasteiger charge is 2.54. The molecule has 298 valence electrons. The van der Waals surface area contributed by atoms with Crippen LogP contribution >= 0.6 is 0 Å². The van der Waals surface area contributed by atoms with E-state index in [1.165, 1.54) is 88.1 Å². The van der Waals surface area contributed by atoms with E-state index >= 15 is 0 Å². The van der Waals surface area contributed by atoms with E-state index in [4.69, 9.17) is 0 Å². The van der Waals surface area contributed by atoms with Gasteiger partial charge in [-0.2, -0.15) is 0 Å². The Labute approximate surface area is 371 Å². The van der Waals surface area contributed by atoms with Crippen LogP contribution in [0.25, 0.3) is 77.2 Å². The van der Waals surface area contributed by atoms with Crippen molar-refractivity contribution in [3.05, 3.63) is 259 Å². The van der Waals surface area contributed by atoms with E-state index in [-0.39, 0.29) is 0 Å². The molecule has 0 amide bonds. The van der Waals surface area contributed by atoms with Gasteiger partial charge in [0.1, 0.15) is 0 Å². The van der Waals surface area contributed by atoms with Crippen molar-refractivity contribution in [2.24, 2.45) is 0 Å². The van der Waals surface area contributed by atoms with Gasteiger partial charge in [0.05, 0.1) is 27.5 Å². The lowest BCUT2D eigenvalue weighted by molar-refractivity contribution is 0.797. The lowest BCUT2D eigenvalue weighted by Crippen LogP contribution is -2.26. The summed E-state index contributed by atoms with van der Waals surface area (Å²) in [6, 6.07) is 87.4. The fourth-order valence-corrected chi connectivity index (χ4v) is 11.7. The predicted molar refractivity (Wildman–Crippen MR) is 266 cm³/mol. The molecular weight excluding hydrogens is 775 g/mol. The first-order valence-electron chi connectivity index (χ1n) is 22.2. The highest BCUT2D eigenvalue weighted by atomic mass is 15.1. The number of benzene rings is 10. The number of rotatable bonds is 5. The fraction of sp³-hybridized carbons (Fsp3) is 0.0164. The molecule has 1 atom stereocenters. The van der Waals surface area contributed by atoms with Gasteiger partial charge in [-0.3, -0.25) is 0 Å². The van der Waals surface area contributed by atoms with Crippen molar-refractivity contribution in [1.29, 1.82) is 0 Å². The number of fused-ring (bicyclic) bond motifs is 18. The zero-order chi connectivity index (χ0) is 41.9. The topological polar surface area (TPSA) is 13.1 Å². The van der Waals surface area contributed by atoms with Gasteiger partial charge in [0.15, 0.2) is 0 Å². The molecule has 3 nitrogen and oxygen atoms in total. The Kier molecular flexibility index (Phi) is 7.32. The van der Waals surface area contributed by atoms with Crippen LogP contribution in [-0.2, 0) is 5.41 Å². The van der Waals surface area contributed by atoms with Crippen LogP contribution in [0, 0.1) is 0 Å². The molecule has 10 aromatic carbocycles. The van der Waals surface area contributed by atoms with Gasteiger partial charge in [0, 0.05) is 61.1 Å². The maximum atomic E-state index is 2.56. The minimum atomic E-state index is -0.604. The van der Waals surface area contributed by atoms with Gasteiger partial charge in [0.25, 0.3) is 0 Å². The zero-order valence-corrected chi connectivity index (χ0v) is 34.9. The van der Waals surface area contributed by atoms with Crippen molar-refractivity contribution in [2.75, 3.05) is 4.90 Å². The number of hydrogen-bond acceptors (Lipinski definition) is 1. The average molecular weight is 814 g/mol. The first kappa shape index (κ1) is 35.2. The standard InChI is InChI=1S/C61H39N3/c1-4-19-40(20-5-1)62(41-21-6-2-7-22-41)43-25-18-26-44(39-43)64-56-34-17-13-29-47(56)50-36-35-48-45-27-10-14-31-52(45)61(58(48)60(50)64)53-32-15-11-30-51(53)57-54(61)38-37-49-46-28-12-16-33-55(46)63(59(49)57)42-23-8-3-9-24-42/h1-39H. The largest absolute Gasteiger partial charge is 0.310 e. The number of hydrogen-bond donors (Lipinski definition) is 0. The summed E-state index contributed by atoms with van der Waals surface area (Å²) in [6.45, 7) is 0. The maximum absolute atomic E-state index is 2.56. The minimum Gasteiger partial charge on any atom is -0.310 e. The molecule has 2 aliphatic rings. The highest BCUT2D eigenvalue weighted by Crippen LogP contribution is 2.66. The molecule has 64 heavy (non-hydrogen) atoms. The van der Waals surface area contributed by atoms with E-state index in [1.807, 2.05) is 0 Å². The second kappa shape index (κ2) is 13.3. The molecule has 0 saturated carbocycles. The van der Waals surface area contributed by atoms with Crippen LogP contribution in [0.15, 0.2) is 237 Å². The lowest BCUT2D eigenvalue weighted by Gasteiger charge is -2.31. The Morgan fingerprint density at radius 2 is 0.812 bits per heavy atom. The van der Waals surface area contributed by atoms with E-state index < -0.39 is 5.41 Å². The van der Waals surface area contributed by atoms with Crippen molar-refractivity contribution in [1.82, 2.24) is 9.13 Å². The SMILES string of the molecule is c1ccc(N(c2ccccc2)c2cccc(-n3c4ccccc4c4ccc5c(c43)C3(c4ccccc4-5)c4ccccc4-c4c3ccc3c5ccccc5n(-c5ccccc5)c43)c2)cc1. The summed E-state index contributed by atoms with van der Waals surface area (Å²) in [4.78, 5) is 2.36. The smallest absolute Gasteiger partial charge is 0.0747 e. The molecule has 0 bridgehead atoms. The molecule has 1 unspecified atom stereocenters. The fourth-order valence-electron chi connectivity index (χ4n) is 11.7. The lowest BCUT2D eigenvalue weighted by atomic mass is 9.70. The van der Waals surface area contributed by atoms with E-state index in [1.54, 1.807) is 0 Å². The summed E-state index contributed by atoms with van der Waals surface area (Å²) in [5.74, 6) is 0. The predicted octanol–water partition coefficient (Wildman–Crippen LogP) is 15.7. The zero-order valence-electron chi connectivity index (χ0n) is 34.9. The molecular formula is C61H39N3. The van der Waals surface area contributed by atoms with Gasteiger partial charge in [0.2, 0.25) is 0 Å². The van der Waals surface area contributed by atoms with Crippen LogP contribution in [0.4, 0.5) is 17.1 Å². The molecule has 2 heterocycles. The molecule has 14 rings (SSSR count). The summed E-state index contributed by atoms with van der Waals surface area (Å²) in [5.41, 5.74) is 20.4. The highest BCUT2D eigenvalue weighted by molar-refractivity contribution is 6.19. The van der Waals surface area contributed by atoms with Crippen LogP contribution in [-0.4, -0.2) is 9.13 Å². The van der Waals surface area contributed by atoms with Crippen molar-refractivity contribution in [3.63, 3.8) is 0 Å². The third kappa shape index (κ3) is 4.60. The normalized spacial score (nSPS) is 14.6. The van der Waals surface area contributed by atoms with Gasteiger partial charge >= 0.3 is 0 Å². The molecule has 12 aromatic rings. The molecule has 0 fully saturated rings. The third-order valence-corrected chi connectivity index (χ3v) is 14.1. The molecule has 0 N–H and O–H groups in total. The molecule has 0 radical (unpaired) electrons. The van der Waals surface area contributed by atoms with Gasteiger partial charge in [-0.05, 0) is 100 Å². The Morgan fingerprint density at radius 1 is 0.312 bits per heavy atom. The van der Waals surface area contributed by atoms with Gasteiger partial charge < -0.3 is 14.0 Å². The molecule has 1 spiro atoms. The molecule has 3 heteroatoms. The second-order valence-electron chi connectivity index (χ2n) is 17.2. The van der Waals surface area contributed by atoms with Crippen molar-refractivity contribution >= 4 is 60.7 Å². The van der Waals surface area contributed by atoms with E-state index in [9.17, 15) is 0 Å². The number of nitrogens with zero attached hydrogens (tertiary/aromatic N) is 3. The summed E-state index contributed by atoms with van der Waals surface area (Å²) in [5, 5.41) is 5.02. The average Bonchev–Trinajstić information content (AvgIpc) is 4.07.